The van der Waals surface area contributed by atoms with Gasteiger partial charge in [-0.25, -0.2) is 0 Å². The zero-order valence-electron chi connectivity index (χ0n) is 19.1. The van der Waals surface area contributed by atoms with Crippen LogP contribution in [0.3, 0.4) is 0 Å². The third-order valence-electron chi connectivity index (χ3n) is 5.73. The van der Waals surface area contributed by atoms with Gasteiger partial charge in [0, 0.05) is 34.2 Å². The molecule has 0 radical (unpaired) electrons. The Bertz CT molecular complexity index is 1540. The Balaban J connectivity index is 1.32. The molecule has 2 aromatic carbocycles. The molecule has 7 nitrogen and oxygen atoms in total. The van der Waals surface area contributed by atoms with Gasteiger partial charge in [0.05, 0.1) is 17.8 Å². The van der Waals surface area contributed by atoms with Gasteiger partial charge in [0.15, 0.2) is 5.76 Å². The van der Waals surface area contributed by atoms with Crippen LogP contribution >= 0.6 is 0 Å². The van der Waals surface area contributed by atoms with Gasteiger partial charge in [-0.3, -0.25) is 9.59 Å². The van der Waals surface area contributed by atoms with E-state index in [1.807, 2.05) is 45.0 Å². The molecule has 5 aromatic rings. The number of hydrogen-bond acceptors (Lipinski definition) is 6. The molecule has 3 aromatic heterocycles. The fourth-order valence-corrected chi connectivity index (χ4v) is 3.93. The highest BCUT2D eigenvalue weighted by Crippen LogP contribution is 2.27. The second-order valence-electron chi connectivity index (χ2n) is 9.59. The van der Waals surface area contributed by atoms with Crippen molar-refractivity contribution in [2.75, 3.05) is 0 Å². The number of carbonyl (C=O) groups is 2. The minimum Gasteiger partial charge on any atom is -0.508 e. The molecule has 0 spiro atoms. The molecule has 0 bridgehead atoms. The molecule has 2 N–H and O–H groups in total. The maximum absolute atomic E-state index is 13.0. The van der Waals surface area contributed by atoms with E-state index < -0.39 is 0 Å². The van der Waals surface area contributed by atoms with Gasteiger partial charge in [-0.1, -0.05) is 32.0 Å². The lowest BCUT2D eigenvalue weighted by Gasteiger charge is -2.12. The SMILES string of the molecule is CC(C)(C)c1cc(CC(=O)Cc2ccc3[nH]c(C(=O)c4cc5cc(O)ccc5o4)cc3c2)no1. The van der Waals surface area contributed by atoms with Gasteiger partial charge in [-0.05, 0) is 48.0 Å². The van der Waals surface area contributed by atoms with Crippen molar-refractivity contribution in [1.82, 2.24) is 10.1 Å². The molecule has 0 fully saturated rings. The Morgan fingerprint density at radius 1 is 0.971 bits per heavy atom. The molecule has 0 amide bonds. The molecule has 5 rings (SSSR count). The highest BCUT2D eigenvalue weighted by molar-refractivity contribution is 6.10. The van der Waals surface area contributed by atoms with E-state index in [1.165, 1.54) is 6.07 Å². The van der Waals surface area contributed by atoms with Crippen LogP contribution in [0.2, 0.25) is 0 Å². The molecule has 0 aliphatic rings. The summed E-state index contributed by atoms with van der Waals surface area (Å²) in [6.07, 6.45) is 0.464. The van der Waals surface area contributed by atoms with E-state index in [0.29, 0.717) is 22.4 Å². The summed E-state index contributed by atoms with van der Waals surface area (Å²) >= 11 is 0. The summed E-state index contributed by atoms with van der Waals surface area (Å²) in [6, 6.07) is 15.5. The maximum Gasteiger partial charge on any atom is 0.244 e. The first-order valence-electron chi connectivity index (χ1n) is 11.0. The van der Waals surface area contributed by atoms with Crippen molar-refractivity contribution in [3.63, 3.8) is 0 Å². The fraction of sp³-hybridized carbons (Fsp3) is 0.222. The van der Waals surface area contributed by atoms with E-state index in [2.05, 4.69) is 10.1 Å². The lowest BCUT2D eigenvalue weighted by Crippen LogP contribution is -2.09. The molecule has 3 heterocycles. The molecular weight excluding hydrogens is 432 g/mol. The first-order chi connectivity index (χ1) is 16.2. The second-order valence-corrected chi connectivity index (χ2v) is 9.59. The first kappa shape index (κ1) is 21.7. The van der Waals surface area contributed by atoms with Gasteiger partial charge in [0.2, 0.25) is 5.78 Å². The number of aromatic hydroxyl groups is 1. The van der Waals surface area contributed by atoms with Crippen molar-refractivity contribution < 1.29 is 23.6 Å². The highest BCUT2D eigenvalue weighted by Gasteiger charge is 2.21. The number of hydrogen-bond donors (Lipinski definition) is 2. The number of nitrogens with one attached hydrogen (secondary N) is 1. The van der Waals surface area contributed by atoms with Gasteiger partial charge in [0.25, 0.3) is 0 Å². The van der Waals surface area contributed by atoms with Crippen LogP contribution in [0.15, 0.2) is 63.5 Å². The Labute approximate surface area is 195 Å². The number of benzene rings is 2. The van der Waals surface area contributed by atoms with Crippen LogP contribution in [0.5, 0.6) is 5.75 Å². The van der Waals surface area contributed by atoms with E-state index in [1.54, 1.807) is 24.3 Å². The van der Waals surface area contributed by atoms with E-state index in [-0.39, 0.29) is 41.3 Å². The van der Waals surface area contributed by atoms with Gasteiger partial charge < -0.3 is 19.0 Å². The average molecular weight is 456 g/mol. The molecule has 0 aliphatic carbocycles. The Hall–Kier alpha value is -4.13. The van der Waals surface area contributed by atoms with Crippen LogP contribution in [0.4, 0.5) is 0 Å². The summed E-state index contributed by atoms with van der Waals surface area (Å²) in [5.41, 5.74) is 3.03. The number of carbonyl (C=O) groups excluding carboxylic acids is 2. The van der Waals surface area contributed by atoms with Crippen LogP contribution in [-0.2, 0) is 23.1 Å². The van der Waals surface area contributed by atoms with E-state index >= 15 is 0 Å². The molecule has 0 atom stereocenters. The van der Waals surface area contributed by atoms with Gasteiger partial charge in [0.1, 0.15) is 22.9 Å². The zero-order valence-corrected chi connectivity index (χ0v) is 19.1. The van der Waals surface area contributed by atoms with Crippen LogP contribution in [0, 0.1) is 0 Å². The summed E-state index contributed by atoms with van der Waals surface area (Å²) in [4.78, 5) is 28.7. The largest absolute Gasteiger partial charge is 0.508 e. The molecule has 0 saturated heterocycles. The quantitative estimate of drug-likeness (QED) is 0.327. The molecule has 0 unspecified atom stereocenters. The van der Waals surface area contributed by atoms with E-state index in [0.717, 1.165) is 22.2 Å². The Kier molecular flexibility index (Phi) is 5.12. The molecule has 0 aliphatic heterocycles. The smallest absolute Gasteiger partial charge is 0.244 e. The minimum absolute atomic E-state index is 0.0328. The number of nitrogens with zero attached hydrogens (tertiary/aromatic N) is 1. The number of fused-ring (bicyclic) bond motifs is 2. The number of furan rings is 1. The van der Waals surface area contributed by atoms with Crippen molar-refractivity contribution in [3.8, 4) is 5.75 Å². The minimum atomic E-state index is -0.287. The maximum atomic E-state index is 13.0. The Morgan fingerprint density at radius 2 is 1.79 bits per heavy atom. The standard InChI is InChI=1S/C27H24N2O5/c1-27(2,3)25-14-18(29-34-25)13-20(31)9-15-4-6-21-16(8-15)11-22(28-21)26(32)24-12-17-10-19(30)5-7-23(17)33-24/h4-8,10-12,14,28,30H,9,13H2,1-3H3. The summed E-state index contributed by atoms with van der Waals surface area (Å²) in [5.74, 6) is 0.793. The van der Waals surface area contributed by atoms with Crippen LogP contribution in [-0.4, -0.2) is 26.8 Å². The van der Waals surface area contributed by atoms with Crippen molar-refractivity contribution in [1.29, 1.82) is 0 Å². The van der Waals surface area contributed by atoms with E-state index in [4.69, 9.17) is 8.94 Å². The number of aromatic amines is 1. The first-order valence-corrected chi connectivity index (χ1v) is 11.0. The summed E-state index contributed by atoms with van der Waals surface area (Å²) < 4.78 is 11.0. The number of rotatable bonds is 6. The number of H-pyrrole nitrogens is 1. The number of aromatic nitrogens is 2. The number of Topliss-reactive ketones (excluding diaryl/α,β-unsaturated/α-hetero) is 1. The summed E-state index contributed by atoms with van der Waals surface area (Å²) in [6.45, 7) is 6.09. The van der Waals surface area contributed by atoms with Gasteiger partial charge in [-0.2, -0.15) is 0 Å². The second kappa shape index (κ2) is 8.02. The number of phenolic OH excluding ortho intramolecular Hbond substituents is 1. The van der Waals surface area contributed by atoms with Crippen molar-refractivity contribution in [2.45, 2.75) is 39.0 Å². The number of ketones is 2. The van der Waals surface area contributed by atoms with Crippen LogP contribution in [0.25, 0.3) is 21.9 Å². The van der Waals surface area contributed by atoms with Crippen molar-refractivity contribution >= 4 is 33.4 Å². The topological polar surface area (TPSA) is 109 Å². The third kappa shape index (κ3) is 4.24. The number of phenols is 1. The summed E-state index contributed by atoms with van der Waals surface area (Å²) in [7, 11) is 0. The lowest BCUT2D eigenvalue weighted by molar-refractivity contribution is -0.117. The normalized spacial score (nSPS) is 12.0. The molecule has 34 heavy (non-hydrogen) atoms. The lowest BCUT2D eigenvalue weighted by atomic mass is 9.93. The predicted molar refractivity (Wildman–Crippen MR) is 127 cm³/mol. The van der Waals surface area contributed by atoms with Crippen molar-refractivity contribution in [2.24, 2.45) is 0 Å². The molecule has 0 saturated carbocycles. The van der Waals surface area contributed by atoms with Gasteiger partial charge in [-0.15, -0.1) is 0 Å². The monoisotopic (exact) mass is 456 g/mol. The molecule has 172 valence electrons. The summed E-state index contributed by atoms with van der Waals surface area (Å²) in [5, 5.41) is 15.1. The third-order valence-corrected chi connectivity index (χ3v) is 5.73. The fourth-order valence-electron chi connectivity index (χ4n) is 3.93. The molecule has 7 heteroatoms. The predicted octanol–water partition coefficient (Wildman–Crippen LogP) is 5.49. The zero-order chi connectivity index (χ0) is 24.0. The van der Waals surface area contributed by atoms with Gasteiger partial charge >= 0.3 is 0 Å². The van der Waals surface area contributed by atoms with E-state index in [9.17, 15) is 14.7 Å². The van der Waals surface area contributed by atoms with Crippen LogP contribution in [0.1, 0.15) is 54.0 Å². The van der Waals surface area contributed by atoms with Crippen LogP contribution < -0.4 is 0 Å². The highest BCUT2D eigenvalue weighted by atomic mass is 16.5. The molecular formula is C27H24N2O5. The van der Waals surface area contributed by atoms with Crippen molar-refractivity contribution in [3.05, 3.63) is 83.1 Å². The Morgan fingerprint density at radius 3 is 2.56 bits per heavy atom. The average Bonchev–Trinajstić information content (AvgIpc) is 3.49.